The molecule has 3 aromatic rings. The fourth-order valence-electron chi connectivity index (χ4n) is 8.40. The molecule has 1 aliphatic heterocycles. The summed E-state index contributed by atoms with van der Waals surface area (Å²) in [6.45, 7) is 14.0. The first kappa shape index (κ1) is 43.4. The third-order valence-corrected chi connectivity index (χ3v) is 12.9. The Hall–Kier alpha value is -4.67. The summed E-state index contributed by atoms with van der Waals surface area (Å²) >= 11 is 8.41. The number of hydrogen-bond donors (Lipinski definition) is 3. The number of esters is 1. The van der Waals surface area contributed by atoms with Crippen molar-refractivity contribution in [1.29, 1.82) is 0 Å². The number of amides is 3. The standard InChI is InChI=1S/C43H55ClN6O9S/c1-9-25-19-43(25,39(53)56-8)49-37(51)31-17-27(20-50(31)38(52)36(42(4,5)6)48-41(54)59-26-15-23-14-24(23)16-26)58-33-18-29(30-21-60-40(47-30)45-22(2)3)46-35-28(33)10-11-32(34(35)44)57-13-12-55-7/h9-11,18,21-27,31,36H,1,12-17,19-20H2,2-8H3,(H,45,47)(H,48,54)(H,49,51)/t23-,24+,25-,26?,27-,31+,36-,43?/m1/s1. The van der Waals surface area contributed by atoms with E-state index in [1.165, 1.54) is 29.8 Å². The zero-order chi connectivity index (χ0) is 43.1. The molecule has 7 rings (SSSR count). The zero-order valence-electron chi connectivity index (χ0n) is 35.2. The molecular formula is C43H55ClN6O9S. The van der Waals surface area contributed by atoms with Crippen LogP contribution in [0.2, 0.25) is 5.02 Å². The number of hydrogen-bond acceptors (Lipinski definition) is 13. The number of carbonyl (C=O) groups excluding carboxylic acids is 4. The number of ether oxygens (including phenoxy) is 5. The highest BCUT2D eigenvalue weighted by molar-refractivity contribution is 7.14. The predicted molar refractivity (Wildman–Crippen MR) is 227 cm³/mol. The van der Waals surface area contributed by atoms with Crippen LogP contribution in [0.4, 0.5) is 9.93 Å². The van der Waals surface area contributed by atoms with Crippen LogP contribution in [0.3, 0.4) is 0 Å². The Morgan fingerprint density at radius 3 is 2.43 bits per heavy atom. The van der Waals surface area contributed by atoms with E-state index in [0.717, 1.165) is 18.0 Å². The minimum Gasteiger partial charge on any atom is -0.490 e. The summed E-state index contributed by atoms with van der Waals surface area (Å²) in [5.74, 6) is 0.0236. The fraction of sp³-hybridized carbons (Fsp3) is 0.581. The number of fused-ring (bicyclic) bond motifs is 2. The Bertz CT molecular complexity index is 2130. The number of aromatic nitrogens is 2. The molecule has 0 spiro atoms. The number of rotatable bonds is 16. The molecule has 8 atom stereocenters. The lowest BCUT2D eigenvalue weighted by molar-refractivity contribution is -0.148. The van der Waals surface area contributed by atoms with Gasteiger partial charge in [0.1, 0.15) is 58.7 Å². The first-order valence-corrected chi connectivity index (χ1v) is 21.8. The summed E-state index contributed by atoms with van der Waals surface area (Å²) in [6, 6.07) is 3.31. The number of nitrogens with one attached hydrogen (secondary N) is 3. The van der Waals surface area contributed by atoms with E-state index in [1.807, 2.05) is 40.0 Å². The van der Waals surface area contributed by atoms with Gasteiger partial charge in [-0.05, 0) is 68.9 Å². The van der Waals surface area contributed by atoms with Gasteiger partial charge in [0.25, 0.3) is 0 Å². The van der Waals surface area contributed by atoms with E-state index in [0.29, 0.717) is 58.7 Å². The third kappa shape index (κ3) is 9.15. The highest BCUT2D eigenvalue weighted by atomic mass is 35.5. The van der Waals surface area contributed by atoms with Crippen LogP contribution >= 0.6 is 22.9 Å². The number of methoxy groups -OCH3 is 2. The fourth-order valence-corrected chi connectivity index (χ4v) is 9.52. The number of pyridine rings is 1. The van der Waals surface area contributed by atoms with Crippen molar-refractivity contribution < 1.29 is 42.9 Å². The van der Waals surface area contributed by atoms with Crippen molar-refractivity contribution in [3.63, 3.8) is 0 Å². The van der Waals surface area contributed by atoms with Crippen LogP contribution in [0, 0.1) is 23.2 Å². The highest BCUT2D eigenvalue weighted by Crippen LogP contribution is 2.52. The maximum absolute atomic E-state index is 14.8. The Morgan fingerprint density at radius 2 is 1.78 bits per heavy atom. The number of likely N-dealkylation sites (tertiary alicyclic amines) is 1. The normalized spacial score (nSPS) is 25.9. The Balaban J connectivity index is 1.21. The molecule has 3 saturated carbocycles. The second-order valence-electron chi connectivity index (χ2n) is 17.6. The van der Waals surface area contributed by atoms with Crippen LogP contribution in [-0.4, -0.2) is 109 Å². The molecule has 0 bridgehead atoms. The highest BCUT2D eigenvalue weighted by Gasteiger charge is 2.62. The molecule has 3 aliphatic carbocycles. The van der Waals surface area contributed by atoms with Gasteiger partial charge in [0.15, 0.2) is 5.13 Å². The molecular weight excluding hydrogens is 812 g/mol. The maximum atomic E-state index is 14.8. The quantitative estimate of drug-likeness (QED) is 0.0824. The Labute approximate surface area is 359 Å². The van der Waals surface area contributed by atoms with Crippen molar-refractivity contribution in [2.24, 2.45) is 23.2 Å². The lowest BCUT2D eigenvalue weighted by atomic mass is 9.85. The summed E-state index contributed by atoms with van der Waals surface area (Å²) in [4.78, 5) is 66.7. The molecule has 4 aliphatic rings. The van der Waals surface area contributed by atoms with Crippen LogP contribution in [0.25, 0.3) is 22.3 Å². The van der Waals surface area contributed by atoms with Crippen molar-refractivity contribution in [2.45, 2.75) is 103 Å². The average molecular weight is 867 g/mol. The van der Waals surface area contributed by atoms with Gasteiger partial charge in [-0.2, -0.15) is 0 Å². The number of anilines is 1. The number of carbonyl (C=O) groups is 4. The van der Waals surface area contributed by atoms with Crippen LogP contribution in [-0.2, 0) is 28.6 Å². The number of thiazole rings is 1. The molecule has 2 unspecified atom stereocenters. The van der Waals surface area contributed by atoms with Gasteiger partial charge in [-0.15, -0.1) is 17.9 Å². The summed E-state index contributed by atoms with van der Waals surface area (Å²) in [6.07, 6.45) is 3.20. The number of alkyl carbamates (subject to hydrolysis) is 1. The molecule has 4 fully saturated rings. The molecule has 1 aromatic carbocycles. The molecule has 15 nitrogen and oxygen atoms in total. The van der Waals surface area contributed by atoms with Gasteiger partial charge >= 0.3 is 12.1 Å². The molecule has 3 amide bonds. The average Bonchev–Trinajstić information content (AvgIpc) is 3.86. The van der Waals surface area contributed by atoms with Crippen molar-refractivity contribution >= 4 is 62.8 Å². The smallest absolute Gasteiger partial charge is 0.408 e. The maximum Gasteiger partial charge on any atom is 0.408 e. The summed E-state index contributed by atoms with van der Waals surface area (Å²) < 4.78 is 28.7. The summed E-state index contributed by atoms with van der Waals surface area (Å²) in [7, 11) is 2.84. The second-order valence-corrected chi connectivity index (χ2v) is 18.9. The molecule has 17 heteroatoms. The number of benzene rings is 1. The van der Waals surface area contributed by atoms with Gasteiger partial charge in [0.2, 0.25) is 11.8 Å². The predicted octanol–water partition coefficient (Wildman–Crippen LogP) is 6.38. The molecule has 0 radical (unpaired) electrons. The number of nitrogens with zero attached hydrogens (tertiary/aromatic N) is 3. The monoisotopic (exact) mass is 866 g/mol. The molecule has 2 aromatic heterocycles. The molecule has 324 valence electrons. The van der Waals surface area contributed by atoms with Gasteiger partial charge in [0.05, 0.1) is 31.5 Å². The van der Waals surface area contributed by atoms with Gasteiger partial charge in [-0.3, -0.25) is 9.59 Å². The zero-order valence-corrected chi connectivity index (χ0v) is 36.7. The topological polar surface area (TPSA) is 180 Å². The van der Waals surface area contributed by atoms with Gasteiger partial charge in [-0.25, -0.2) is 19.6 Å². The molecule has 1 saturated heterocycles. The molecule has 3 N–H and O–H groups in total. The van der Waals surface area contributed by atoms with Crippen LogP contribution < -0.4 is 25.4 Å². The summed E-state index contributed by atoms with van der Waals surface area (Å²) in [5, 5.41) is 12.5. The molecule has 3 heterocycles. The van der Waals surface area contributed by atoms with Crippen molar-refractivity contribution in [3.05, 3.63) is 41.3 Å². The first-order valence-electron chi connectivity index (χ1n) is 20.5. The lowest BCUT2D eigenvalue weighted by Crippen LogP contribution is -2.59. The van der Waals surface area contributed by atoms with E-state index < -0.39 is 53.0 Å². The second kappa shape index (κ2) is 17.4. The first-order chi connectivity index (χ1) is 28.5. The SMILES string of the molecule is C=C[C@@H]1CC1(NC(=O)[C@@H]1C[C@@H](Oc2cc(-c3csc(NC(C)C)n3)nc3c(Cl)c(OCCOC)ccc23)CN1C(=O)[C@@H](NC(=O)OC1C[C@@H]2C[C@@H]2C1)C(C)(C)C)C(=O)OC. The van der Waals surface area contributed by atoms with Crippen molar-refractivity contribution in [3.8, 4) is 22.9 Å². The van der Waals surface area contributed by atoms with Crippen molar-refractivity contribution in [1.82, 2.24) is 25.5 Å². The van der Waals surface area contributed by atoms with E-state index in [4.69, 9.17) is 45.3 Å². The minimum absolute atomic E-state index is 0.0213. The van der Waals surface area contributed by atoms with Crippen molar-refractivity contribution in [2.75, 3.05) is 39.3 Å². The lowest BCUT2D eigenvalue weighted by Gasteiger charge is -2.35. The van der Waals surface area contributed by atoms with E-state index >= 15 is 0 Å². The van der Waals surface area contributed by atoms with E-state index in [-0.39, 0.29) is 42.7 Å². The Kier molecular flexibility index (Phi) is 12.6. The van der Waals surface area contributed by atoms with Gasteiger partial charge in [-0.1, -0.05) is 38.4 Å². The number of halogens is 1. The largest absolute Gasteiger partial charge is 0.490 e. The minimum atomic E-state index is -1.30. The van der Waals surface area contributed by atoms with Gasteiger partial charge < -0.3 is 44.5 Å². The van der Waals surface area contributed by atoms with Crippen LogP contribution in [0.5, 0.6) is 11.5 Å². The van der Waals surface area contributed by atoms with E-state index in [2.05, 4.69) is 22.5 Å². The Morgan fingerprint density at radius 1 is 1.03 bits per heavy atom. The molecule has 60 heavy (non-hydrogen) atoms. The third-order valence-electron chi connectivity index (χ3n) is 11.8. The van der Waals surface area contributed by atoms with Gasteiger partial charge in [0, 0.05) is 42.3 Å². The van der Waals surface area contributed by atoms with Crippen LogP contribution in [0.1, 0.15) is 66.7 Å². The van der Waals surface area contributed by atoms with Crippen LogP contribution in [0.15, 0.2) is 36.2 Å². The van der Waals surface area contributed by atoms with E-state index in [1.54, 1.807) is 31.4 Å². The van der Waals surface area contributed by atoms with E-state index in [9.17, 15) is 19.2 Å². The summed E-state index contributed by atoms with van der Waals surface area (Å²) in [5.41, 5.74) is -0.599.